The van der Waals surface area contributed by atoms with Crippen molar-refractivity contribution in [3.63, 3.8) is 0 Å². The van der Waals surface area contributed by atoms with Gasteiger partial charge in [-0.1, -0.05) is 6.08 Å². The van der Waals surface area contributed by atoms with Crippen LogP contribution in [-0.4, -0.2) is 8.96 Å². The summed E-state index contributed by atoms with van der Waals surface area (Å²) >= 11 is -2.29. The van der Waals surface area contributed by atoms with Gasteiger partial charge in [0.05, 0.1) is 4.75 Å². The topological polar surface area (TPSA) is 17.1 Å². The van der Waals surface area contributed by atoms with Gasteiger partial charge in [0.2, 0.25) is 11.2 Å². The molecule has 0 rings (SSSR count). The Bertz CT molecular complexity index is 120. The van der Waals surface area contributed by atoms with Crippen LogP contribution in [0.3, 0.4) is 0 Å². The van der Waals surface area contributed by atoms with Gasteiger partial charge in [-0.3, -0.25) is 0 Å². The van der Waals surface area contributed by atoms with Crippen LogP contribution < -0.4 is 0 Å². The van der Waals surface area contributed by atoms with Gasteiger partial charge in [-0.25, -0.2) is 4.21 Å². The second kappa shape index (κ2) is 2.40. The highest BCUT2D eigenvalue weighted by atomic mass is 32.2. The van der Waals surface area contributed by atoms with E-state index in [1.807, 2.05) is 0 Å². The van der Waals surface area contributed by atoms with Crippen molar-refractivity contribution in [2.24, 2.45) is 0 Å². The second-order valence-electron chi connectivity index (χ2n) is 2.03. The Morgan fingerprint density at radius 3 is 2.12 bits per heavy atom. The summed E-state index contributed by atoms with van der Waals surface area (Å²) in [5.74, 6) is 0. The Labute approximate surface area is 51.3 Å². The van der Waals surface area contributed by atoms with Gasteiger partial charge < -0.3 is 0 Å². The first-order valence-corrected chi connectivity index (χ1v) is 3.27. The first-order chi connectivity index (χ1) is 3.50. The molecule has 0 heterocycles. The van der Waals surface area contributed by atoms with Crippen LogP contribution in [-0.2, 0) is 11.2 Å². The molecule has 48 valence electrons. The predicted molar refractivity (Wildman–Crippen MR) is 33.5 cm³/mol. The van der Waals surface area contributed by atoms with E-state index in [2.05, 4.69) is 6.58 Å². The molecular weight excluding hydrogens is 127 g/mol. The minimum Gasteiger partial charge on any atom is -0.224 e. The van der Waals surface area contributed by atoms with Crippen molar-refractivity contribution < 1.29 is 8.09 Å². The SMILES string of the molecule is C=CC(C)(C)S(=O)F. The monoisotopic (exact) mass is 136 g/mol. The van der Waals surface area contributed by atoms with Crippen molar-refractivity contribution in [2.75, 3.05) is 0 Å². The van der Waals surface area contributed by atoms with Gasteiger partial charge in [0.15, 0.2) is 0 Å². The largest absolute Gasteiger partial charge is 0.224 e. The average Bonchev–Trinajstić information content (AvgIpc) is 1.67. The molecule has 1 atom stereocenters. The van der Waals surface area contributed by atoms with E-state index in [0.717, 1.165) is 0 Å². The average molecular weight is 136 g/mol. The summed E-state index contributed by atoms with van der Waals surface area (Å²) in [7, 11) is 0. The van der Waals surface area contributed by atoms with E-state index in [-0.39, 0.29) is 0 Å². The molecule has 0 aromatic heterocycles. The molecule has 1 unspecified atom stereocenters. The van der Waals surface area contributed by atoms with E-state index in [0.29, 0.717) is 0 Å². The van der Waals surface area contributed by atoms with Gasteiger partial charge in [-0.05, 0) is 13.8 Å². The molecule has 0 spiro atoms. The van der Waals surface area contributed by atoms with E-state index in [1.165, 1.54) is 19.9 Å². The summed E-state index contributed by atoms with van der Waals surface area (Å²) in [6.07, 6.45) is 1.34. The number of hydrogen-bond acceptors (Lipinski definition) is 1. The van der Waals surface area contributed by atoms with Gasteiger partial charge >= 0.3 is 0 Å². The van der Waals surface area contributed by atoms with E-state index in [9.17, 15) is 8.09 Å². The van der Waals surface area contributed by atoms with Crippen LogP contribution in [0.2, 0.25) is 0 Å². The van der Waals surface area contributed by atoms with Crippen LogP contribution in [0.25, 0.3) is 0 Å². The molecule has 0 fully saturated rings. The zero-order valence-corrected chi connectivity index (χ0v) is 5.80. The molecule has 0 aromatic rings. The third-order valence-electron chi connectivity index (χ3n) is 0.905. The lowest BCUT2D eigenvalue weighted by molar-refractivity contribution is 0.622. The van der Waals surface area contributed by atoms with Crippen LogP contribution in [0.4, 0.5) is 3.89 Å². The molecule has 0 aliphatic rings. The van der Waals surface area contributed by atoms with Gasteiger partial charge in [0.1, 0.15) is 0 Å². The maximum absolute atomic E-state index is 11.9. The van der Waals surface area contributed by atoms with Crippen molar-refractivity contribution >= 4 is 11.2 Å². The minimum absolute atomic E-state index is 0.889. The zero-order valence-electron chi connectivity index (χ0n) is 4.98. The van der Waals surface area contributed by atoms with Gasteiger partial charge in [0.25, 0.3) is 0 Å². The van der Waals surface area contributed by atoms with E-state index < -0.39 is 15.9 Å². The highest BCUT2D eigenvalue weighted by molar-refractivity contribution is 7.81. The molecule has 0 saturated heterocycles. The fourth-order valence-electron chi connectivity index (χ4n) is 0.0655. The molecule has 1 nitrogen and oxygen atoms in total. The van der Waals surface area contributed by atoms with Crippen molar-refractivity contribution in [3.05, 3.63) is 12.7 Å². The maximum Gasteiger partial charge on any atom is 0.208 e. The Hall–Kier alpha value is -0.180. The number of halogens is 1. The standard InChI is InChI=1S/C5H9FOS/c1-4-5(2,3)8(6)7/h4H,1H2,2-3H3. The molecule has 0 N–H and O–H groups in total. The summed E-state index contributed by atoms with van der Waals surface area (Å²) in [6, 6.07) is 0. The first-order valence-electron chi connectivity index (χ1n) is 2.22. The van der Waals surface area contributed by atoms with Crippen LogP contribution in [0, 0.1) is 0 Å². The molecular formula is C5H9FOS. The van der Waals surface area contributed by atoms with E-state index in [4.69, 9.17) is 0 Å². The predicted octanol–water partition coefficient (Wildman–Crippen LogP) is 1.58. The fraction of sp³-hybridized carbons (Fsp3) is 0.600. The highest BCUT2D eigenvalue weighted by Crippen LogP contribution is 2.13. The molecule has 0 bridgehead atoms. The first kappa shape index (κ1) is 7.82. The van der Waals surface area contributed by atoms with Gasteiger partial charge in [-0.2, -0.15) is 0 Å². The summed E-state index contributed by atoms with van der Waals surface area (Å²) < 4.78 is 21.1. The third kappa shape index (κ3) is 1.74. The third-order valence-corrected chi connectivity index (χ3v) is 1.90. The Kier molecular flexibility index (Phi) is 2.34. The summed E-state index contributed by atoms with van der Waals surface area (Å²) in [6.45, 7) is 6.37. The van der Waals surface area contributed by atoms with Gasteiger partial charge in [-0.15, -0.1) is 10.5 Å². The van der Waals surface area contributed by atoms with E-state index in [1.54, 1.807) is 0 Å². The number of rotatable bonds is 2. The summed E-state index contributed by atoms with van der Waals surface area (Å²) in [4.78, 5) is 0. The molecule has 0 aliphatic carbocycles. The Balaban J connectivity index is 4.12. The second-order valence-corrected chi connectivity index (χ2v) is 3.53. The fourth-order valence-corrected chi connectivity index (χ4v) is 0.197. The van der Waals surface area contributed by atoms with Crippen molar-refractivity contribution in [1.29, 1.82) is 0 Å². The normalized spacial score (nSPS) is 15.4. The quantitative estimate of drug-likeness (QED) is 0.416. The molecule has 0 saturated carbocycles. The Morgan fingerprint density at radius 1 is 1.75 bits per heavy atom. The summed E-state index contributed by atoms with van der Waals surface area (Å²) in [5, 5.41) is 0. The maximum atomic E-state index is 11.9. The lowest BCUT2D eigenvalue weighted by Crippen LogP contribution is -2.19. The molecule has 0 aliphatic heterocycles. The minimum atomic E-state index is -2.29. The van der Waals surface area contributed by atoms with Crippen molar-refractivity contribution in [3.8, 4) is 0 Å². The van der Waals surface area contributed by atoms with Crippen LogP contribution >= 0.6 is 0 Å². The smallest absolute Gasteiger partial charge is 0.208 e. The molecule has 8 heavy (non-hydrogen) atoms. The Morgan fingerprint density at radius 2 is 2.12 bits per heavy atom. The van der Waals surface area contributed by atoms with Crippen LogP contribution in [0.15, 0.2) is 12.7 Å². The molecule has 3 heteroatoms. The molecule has 0 radical (unpaired) electrons. The lowest BCUT2D eigenvalue weighted by atomic mass is 10.2. The number of hydrogen-bond donors (Lipinski definition) is 0. The molecule has 0 aromatic carbocycles. The highest BCUT2D eigenvalue weighted by Gasteiger charge is 2.20. The van der Waals surface area contributed by atoms with E-state index >= 15 is 0 Å². The lowest BCUT2D eigenvalue weighted by Gasteiger charge is -2.10. The molecule has 0 amide bonds. The van der Waals surface area contributed by atoms with Crippen LogP contribution in [0.1, 0.15) is 13.8 Å². The van der Waals surface area contributed by atoms with Crippen molar-refractivity contribution in [1.82, 2.24) is 0 Å². The van der Waals surface area contributed by atoms with Crippen molar-refractivity contribution in [2.45, 2.75) is 18.6 Å². The summed E-state index contributed by atoms with van der Waals surface area (Å²) in [5.41, 5.74) is 0. The zero-order chi connectivity index (χ0) is 6.78. The van der Waals surface area contributed by atoms with Crippen LogP contribution in [0.5, 0.6) is 0 Å². The van der Waals surface area contributed by atoms with Gasteiger partial charge in [0, 0.05) is 0 Å².